The molecular weight excluding hydrogens is 158 g/mol. The summed E-state index contributed by atoms with van der Waals surface area (Å²) in [5.41, 5.74) is 5.73. The van der Waals surface area contributed by atoms with Gasteiger partial charge in [0.25, 0.3) is 0 Å². The second kappa shape index (κ2) is 4.41. The van der Waals surface area contributed by atoms with E-state index >= 15 is 0 Å². The van der Waals surface area contributed by atoms with Crippen LogP contribution in [0.2, 0.25) is 0 Å². The Kier molecular flexibility index (Phi) is 3.45. The highest BCUT2D eigenvalue weighted by molar-refractivity contribution is 7.99. The lowest BCUT2D eigenvalue weighted by atomic mass is 10.3. The number of imidazole rings is 1. The zero-order chi connectivity index (χ0) is 8.10. The van der Waals surface area contributed by atoms with Gasteiger partial charge in [-0.15, -0.1) is 0 Å². The second-order valence-electron chi connectivity index (χ2n) is 2.37. The highest BCUT2D eigenvalue weighted by atomic mass is 32.2. The van der Waals surface area contributed by atoms with Crippen molar-refractivity contribution in [1.29, 1.82) is 0 Å². The Morgan fingerprint density at radius 1 is 1.82 bits per heavy atom. The maximum absolute atomic E-state index is 5.73. The molecule has 0 fully saturated rings. The molecule has 62 valence electrons. The zero-order valence-electron chi connectivity index (χ0n) is 6.58. The van der Waals surface area contributed by atoms with E-state index in [4.69, 9.17) is 5.73 Å². The highest BCUT2D eigenvalue weighted by Crippen LogP contribution is 2.12. The van der Waals surface area contributed by atoms with Gasteiger partial charge in [-0.2, -0.15) is 0 Å². The van der Waals surface area contributed by atoms with Crippen LogP contribution in [0.4, 0.5) is 0 Å². The summed E-state index contributed by atoms with van der Waals surface area (Å²) in [5.74, 6) is 0.935. The number of hydrogen-bond acceptors (Lipinski definition) is 3. The molecule has 1 rings (SSSR count). The summed E-state index contributed by atoms with van der Waals surface area (Å²) in [4.78, 5) is 7.09. The molecule has 0 radical (unpaired) electrons. The van der Waals surface area contributed by atoms with Crippen LogP contribution < -0.4 is 5.73 Å². The Balaban J connectivity index is 2.23. The SMILES string of the molecule is CCC(N)CSc1ncc[nH]1. The molecule has 3 nitrogen and oxygen atoms in total. The van der Waals surface area contributed by atoms with Gasteiger partial charge in [0.2, 0.25) is 0 Å². The fourth-order valence-corrected chi connectivity index (χ4v) is 1.53. The van der Waals surface area contributed by atoms with Crippen molar-refractivity contribution in [2.75, 3.05) is 5.75 Å². The molecule has 0 aliphatic rings. The molecule has 0 aliphatic heterocycles. The van der Waals surface area contributed by atoms with Crippen molar-refractivity contribution in [3.63, 3.8) is 0 Å². The molecule has 1 aromatic heterocycles. The summed E-state index contributed by atoms with van der Waals surface area (Å²) in [5, 5.41) is 0.953. The van der Waals surface area contributed by atoms with Crippen LogP contribution in [0.25, 0.3) is 0 Å². The van der Waals surface area contributed by atoms with E-state index in [1.54, 1.807) is 18.0 Å². The molecule has 1 heterocycles. The van der Waals surface area contributed by atoms with Crippen molar-refractivity contribution in [2.45, 2.75) is 24.5 Å². The Morgan fingerprint density at radius 2 is 2.64 bits per heavy atom. The van der Waals surface area contributed by atoms with Crippen LogP contribution in [0.5, 0.6) is 0 Å². The third kappa shape index (κ3) is 2.95. The van der Waals surface area contributed by atoms with E-state index in [0.29, 0.717) is 0 Å². The Morgan fingerprint density at radius 3 is 3.18 bits per heavy atom. The first-order valence-electron chi connectivity index (χ1n) is 3.70. The van der Waals surface area contributed by atoms with Gasteiger partial charge >= 0.3 is 0 Å². The monoisotopic (exact) mass is 171 g/mol. The summed E-state index contributed by atoms with van der Waals surface area (Å²) in [6.07, 6.45) is 4.59. The smallest absolute Gasteiger partial charge is 0.165 e. The zero-order valence-corrected chi connectivity index (χ0v) is 7.40. The summed E-state index contributed by atoms with van der Waals surface area (Å²) in [6.45, 7) is 2.09. The number of hydrogen-bond donors (Lipinski definition) is 2. The topological polar surface area (TPSA) is 54.7 Å². The van der Waals surface area contributed by atoms with Crippen molar-refractivity contribution in [1.82, 2.24) is 9.97 Å². The Labute approximate surface area is 70.8 Å². The molecule has 1 aromatic rings. The van der Waals surface area contributed by atoms with Crippen LogP contribution in [0.3, 0.4) is 0 Å². The van der Waals surface area contributed by atoms with Crippen molar-refractivity contribution < 1.29 is 0 Å². The maximum Gasteiger partial charge on any atom is 0.165 e. The first-order valence-corrected chi connectivity index (χ1v) is 4.69. The largest absolute Gasteiger partial charge is 0.340 e. The highest BCUT2D eigenvalue weighted by Gasteiger charge is 2.00. The van der Waals surface area contributed by atoms with E-state index in [1.165, 1.54) is 0 Å². The van der Waals surface area contributed by atoms with E-state index < -0.39 is 0 Å². The summed E-state index contributed by atoms with van der Waals surface area (Å²) in [7, 11) is 0. The normalized spacial score (nSPS) is 13.3. The van der Waals surface area contributed by atoms with Gasteiger partial charge in [0.1, 0.15) is 0 Å². The molecule has 11 heavy (non-hydrogen) atoms. The molecule has 4 heteroatoms. The molecule has 0 aliphatic carbocycles. The number of rotatable bonds is 4. The lowest BCUT2D eigenvalue weighted by molar-refractivity contribution is 0.723. The molecule has 0 aromatic carbocycles. The number of nitrogens with one attached hydrogen (secondary N) is 1. The lowest BCUT2D eigenvalue weighted by Crippen LogP contribution is -2.21. The van der Waals surface area contributed by atoms with Crippen LogP contribution in [0.15, 0.2) is 17.6 Å². The number of aromatic nitrogens is 2. The minimum atomic E-state index is 0.282. The maximum atomic E-state index is 5.73. The summed E-state index contributed by atoms with van der Waals surface area (Å²) < 4.78 is 0. The van der Waals surface area contributed by atoms with E-state index in [-0.39, 0.29) is 6.04 Å². The summed E-state index contributed by atoms with van der Waals surface area (Å²) in [6, 6.07) is 0.282. The van der Waals surface area contributed by atoms with Crippen molar-refractivity contribution in [3.05, 3.63) is 12.4 Å². The van der Waals surface area contributed by atoms with E-state index in [9.17, 15) is 0 Å². The van der Waals surface area contributed by atoms with Crippen molar-refractivity contribution in [3.8, 4) is 0 Å². The van der Waals surface area contributed by atoms with Crippen LogP contribution >= 0.6 is 11.8 Å². The standard InChI is InChI=1S/C7H13N3S/c1-2-6(8)5-11-7-9-3-4-10-7/h3-4,6H,2,5,8H2,1H3,(H,9,10). The molecule has 0 saturated heterocycles. The van der Waals surface area contributed by atoms with E-state index in [0.717, 1.165) is 17.3 Å². The molecule has 1 unspecified atom stereocenters. The number of aromatic amines is 1. The van der Waals surface area contributed by atoms with Crippen LogP contribution in [0.1, 0.15) is 13.3 Å². The van der Waals surface area contributed by atoms with Crippen molar-refractivity contribution in [2.24, 2.45) is 5.73 Å². The minimum absolute atomic E-state index is 0.282. The first-order chi connectivity index (χ1) is 5.33. The average molecular weight is 171 g/mol. The summed E-state index contributed by atoms with van der Waals surface area (Å²) >= 11 is 1.67. The van der Waals surface area contributed by atoms with Crippen LogP contribution in [0, 0.1) is 0 Å². The van der Waals surface area contributed by atoms with E-state index in [1.807, 2.05) is 6.20 Å². The molecule has 0 spiro atoms. The number of thioether (sulfide) groups is 1. The average Bonchev–Trinajstić information content (AvgIpc) is 2.52. The molecule has 3 N–H and O–H groups in total. The third-order valence-corrected chi connectivity index (χ3v) is 2.52. The number of nitrogens with zero attached hydrogens (tertiary/aromatic N) is 1. The number of H-pyrrole nitrogens is 1. The quantitative estimate of drug-likeness (QED) is 0.670. The van der Waals surface area contributed by atoms with Gasteiger partial charge in [-0.05, 0) is 6.42 Å². The third-order valence-electron chi connectivity index (χ3n) is 1.43. The van der Waals surface area contributed by atoms with E-state index in [2.05, 4.69) is 16.9 Å². The minimum Gasteiger partial charge on any atom is -0.340 e. The van der Waals surface area contributed by atoms with Crippen LogP contribution in [-0.4, -0.2) is 21.8 Å². The van der Waals surface area contributed by atoms with Crippen LogP contribution in [-0.2, 0) is 0 Å². The fourth-order valence-electron chi connectivity index (χ4n) is 0.634. The lowest BCUT2D eigenvalue weighted by Gasteiger charge is -2.04. The Hall–Kier alpha value is -0.480. The number of nitrogens with two attached hydrogens (primary N) is 1. The fraction of sp³-hybridized carbons (Fsp3) is 0.571. The second-order valence-corrected chi connectivity index (χ2v) is 3.38. The molecule has 0 amide bonds. The van der Waals surface area contributed by atoms with Gasteiger partial charge in [-0.3, -0.25) is 0 Å². The van der Waals surface area contributed by atoms with Gasteiger partial charge in [-0.1, -0.05) is 18.7 Å². The Bertz CT molecular complexity index is 186. The molecule has 0 saturated carbocycles. The predicted molar refractivity (Wildman–Crippen MR) is 47.6 cm³/mol. The predicted octanol–water partition coefficient (Wildman–Crippen LogP) is 1.24. The van der Waals surface area contributed by atoms with Gasteiger partial charge in [0.05, 0.1) is 0 Å². The van der Waals surface area contributed by atoms with Gasteiger partial charge in [0, 0.05) is 24.2 Å². The molecule has 1 atom stereocenters. The molecule has 0 bridgehead atoms. The molecular formula is C7H13N3S. The first kappa shape index (κ1) is 8.62. The van der Waals surface area contributed by atoms with Gasteiger partial charge in [0.15, 0.2) is 5.16 Å². The van der Waals surface area contributed by atoms with Gasteiger partial charge < -0.3 is 10.7 Å². The van der Waals surface area contributed by atoms with Crippen molar-refractivity contribution >= 4 is 11.8 Å². The van der Waals surface area contributed by atoms with Gasteiger partial charge in [-0.25, -0.2) is 4.98 Å².